The Labute approximate surface area is 116 Å². The van der Waals surface area contributed by atoms with Crippen LogP contribution in [0.2, 0.25) is 0 Å². The van der Waals surface area contributed by atoms with Crippen LogP contribution in [0.3, 0.4) is 0 Å². The lowest BCUT2D eigenvalue weighted by atomic mass is 9.97. The van der Waals surface area contributed by atoms with Crippen molar-refractivity contribution in [3.63, 3.8) is 0 Å². The van der Waals surface area contributed by atoms with Gasteiger partial charge in [-0.05, 0) is 57.4 Å². The molecule has 1 aromatic rings. The van der Waals surface area contributed by atoms with E-state index >= 15 is 0 Å². The molecule has 0 amide bonds. The van der Waals surface area contributed by atoms with Gasteiger partial charge in [0.05, 0.1) is 6.61 Å². The summed E-state index contributed by atoms with van der Waals surface area (Å²) in [5.74, 6) is 0.911. The molecule has 0 bridgehead atoms. The number of piperidine rings is 1. The second kappa shape index (κ2) is 6.80. The summed E-state index contributed by atoms with van der Waals surface area (Å²) >= 11 is 0. The zero-order chi connectivity index (χ0) is 13.7. The van der Waals surface area contributed by atoms with E-state index in [4.69, 9.17) is 10.5 Å². The summed E-state index contributed by atoms with van der Waals surface area (Å²) in [4.78, 5) is 2.62. The summed E-state index contributed by atoms with van der Waals surface area (Å²) < 4.78 is 5.74. The van der Waals surface area contributed by atoms with Crippen molar-refractivity contribution in [2.24, 2.45) is 0 Å². The number of nitrogens with zero attached hydrogens (tertiary/aromatic N) is 1. The third-order valence-corrected chi connectivity index (χ3v) is 4.09. The quantitative estimate of drug-likeness (QED) is 0.653. The molecule has 3 heteroatoms. The topological polar surface area (TPSA) is 38.5 Å². The fourth-order valence-electron chi connectivity index (χ4n) is 2.92. The van der Waals surface area contributed by atoms with Gasteiger partial charge in [-0.25, -0.2) is 0 Å². The number of nitrogens with two attached hydrogens (primary N) is 1. The molecule has 1 aliphatic heterocycles. The first-order valence-corrected chi connectivity index (χ1v) is 7.41. The smallest absolute Gasteiger partial charge is 0.119 e. The predicted molar refractivity (Wildman–Crippen MR) is 80.4 cm³/mol. The normalized spacial score (nSPS) is 24.3. The van der Waals surface area contributed by atoms with E-state index in [-0.39, 0.29) is 0 Å². The number of benzene rings is 1. The SMILES string of the molecule is CC1CCCC(C)N1CCCOc1ccc(N)cc1. The molecule has 0 aliphatic carbocycles. The van der Waals surface area contributed by atoms with Crippen molar-refractivity contribution in [3.05, 3.63) is 24.3 Å². The number of anilines is 1. The van der Waals surface area contributed by atoms with Crippen molar-refractivity contribution in [1.29, 1.82) is 0 Å². The van der Waals surface area contributed by atoms with E-state index in [1.807, 2.05) is 24.3 Å². The van der Waals surface area contributed by atoms with Crippen molar-refractivity contribution >= 4 is 5.69 Å². The fourth-order valence-corrected chi connectivity index (χ4v) is 2.92. The Morgan fingerprint density at radius 1 is 1.16 bits per heavy atom. The number of ether oxygens (including phenoxy) is 1. The highest BCUT2D eigenvalue weighted by atomic mass is 16.5. The Balaban J connectivity index is 1.70. The van der Waals surface area contributed by atoms with E-state index in [0.29, 0.717) is 0 Å². The van der Waals surface area contributed by atoms with Gasteiger partial charge in [0.1, 0.15) is 5.75 Å². The third-order valence-electron chi connectivity index (χ3n) is 4.09. The molecule has 0 saturated carbocycles. The summed E-state index contributed by atoms with van der Waals surface area (Å²) in [6, 6.07) is 9.07. The molecule has 1 aromatic carbocycles. The Hall–Kier alpha value is -1.22. The van der Waals surface area contributed by atoms with Crippen LogP contribution in [0.15, 0.2) is 24.3 Å². The molecule has 1 fully saturated rings. The van der Waals surface area contributed by atoms with Crippen LogP contribution < -0.4 is 10.5 Å². The molecule has 2 rings (SSSR count). The highest BCUT2D eigenvalue weighted by molar-refractivity contribution is 5.41. The van der Waals surface area contributed by atoms with E-state index in [1.54, 1.807) is 0 Å². The van der Waals surface area contributed by atoms with Gasteiger partial charge in [-0.15, -0.1) is 0 Å². The average Bonchev–Trinajstić information content (AvgIpc) is 2.39. The van der Waals surface area contributed by atoms with Crippen LogP contribution in [-0.4, -0.2) is 30.1 Å². The Morgan fingerprint density at radius 3 is 2.42 bits per heavy atom. The first-order valence-electron chi connectivity index (χ1n) is 7.41. The van der Waals surface area contributed by atoms with Crippen LogP contribution in [0.25, 0.3) is 0 Å². The van der Waals surface area contributed by atoms with E-state index in [0.717, 1.165) is 43.1 Å². The maximum absolute atomic E-state index is 5.74. The van der Waals surface area contributed by atoms with Crippen LogP contribution in [-0.2, 0) is 0 Å². The van der Waals surface area contributed by atoms with Crippen LogP contribution >= 0.6 is 0 Å². The predicted octanol–water partition coefficient (Wildman–Crippen LogP) is 3.30. The minimum atomic E-state index is 0.722. The summed E-state index contributed by atoms with van der Waals surface area (Å²) in [5, 5.41) is 0. The van der Waals surface area contributed by atoms with E-state index in [2.05, 4.69) is 18.7 Å². The van der Waals surface area contributed by atoms with Crippen molar-refractivity contribution in [2.75, 3.05) is 18.9 Å². The number of rotatable bonds is 5. The van der Waals surface area contributed by atoms with E-state index in [1.165, 1.54) is 19.3 Å². The second-order valence-electron chi connectivity index (χ2n) is 5.64. The zero-order valence-electron chi connectivity index (χ0n) is 12.1. The number of hydrogen-bond acceptors (Lipinski definition) is 3. The van der Waals surface area contributed by atoms with Crippen molar-refractivity contribution in [2.45, 2.75) is 51.6 Å². The molecule has 0 spiro atoms. The number of likely N-dealkylation sites (tertiary alicyclic amines) is 1. The lowest BCUT2D eigenvalue weighted by Crippen LogP contribution is -2.44. The molecule has 1 heterocycles. The fraction of sp³-hybridized carbons (Fsp3) is 0.625. The maximum atomic E-state index is 5.74. The van der Waals surface area contributed by atoms with Gasteiger partial charge in [-0.3, -0.25) is 4.90 Å². The monoisotopic (exact) mass is 262 g/mol. The third kappa shape index (κ3) is 4.13. The molecule has 2 atom stereocenters. The molecule has 106 valence electrons. The standard InChI is InChI=1S/C16H26N2O/c1-13-5-3-6-14(2)18(13)11-4-12-19-16-9-7-15(17)8-10-16/h7-10,13-14H,3-6,11-12,17H2,1-2H3. The summed E-state index contributed by atoms with van der Waals surface area (Å²) in [7, 11) is 0. The zero-order valence-corrected chi connectivity index (χ0v) is 12.1. The van der Waals surface area contributed by atoms with Crippen LogP contribution in [0.5, 0.6) is 5.75 Å². The second-order valence-corrected chi connectivity index (χ2v) is 5.64. The molecular formula is C16H26N2O. The first-order chi connectivity index (χ1) is 9.16. The molecule has 1 saturated heterocycles. The van der Waals surface area contributed by atoms with Gasteiger partial charge in [-0.1, -0.05) is 6.42 Å². The Bertz CT molecular complexity index is 367. The number of hydrogen-bond donors (Lipinski definition) is 1. The summed E-state index contributed by atoms with van der Waals surface area (Å²) in [6.45, 7) is 6.60. The van der Waals surface area contributed by atoms with Crippen LogP contribution in [0.1, 0.15) is 39.5 Å². The first kappa shape index (κ1) is 14.2. The van der Waals surface area contributed by atoms with E-state index < -0.39 is 0 Å². The molecule has 0 aromatic heterocycles. The van der Waals surface area contributed by atoms with Crippen molar-refractivity contribution in [3.8, 4) is 5.75 Å². The van der Waals surface area contributed by atoms with Gasteiger partial charge in [0.2, 0.25) is 0 Å². The minimum Gasteiger partial charge on any atom is -0.494 e. The lowest BCUT2D eigenvalue weighted by molar-refractivity contribution is 0.0961. The molecule has 2 N–H and O–H groups in total. The van der Waals surface area contributed by atoms with Crippen molar-refractivity contribution < 1.29 is 4.74 Å². The molecule has 0 radical (unpaired) electrons. The summed E-state index contributed by atoms with van der Waals surface area (Å²) in [6.07, 6.45) is 5.13. The molecule has 3 nitrogen and oxygen atoms in total. The van der Waals surface area contributed by atoms with Gasteiger partial charge in [0.15, 0.2) is 0 Å². The molecule has 2 unspecified atom stereocenters. The van der Waals surface area contributed by atoms with Crippen LogP contribution in [0.4, 0.5) is 5.69 Å². The highest BCUT2D eigenvalue weighted by Crippen LogP contribution is 2.22. The van der Waals surface area contributed by atoms with Gasteiger partial charge >= 0.3 is 0 Å². The van der Waals surface area contributed by atoms with Gasteiger partial charge in [0.25, 0.3) is 0 Å². The van der Waals surface area contributed by atoms with Gasteiger partial charge in [0, 0.05) is 24.3 Å². The highest BCUT2D eigenvalue weighted by Gasteiger charge is 2.23. The van der Waals surface area contributed by atoms with Gasteiger partial charge in [-0.2, -0.15) is 0 Å². The van der Waals surface area contributed by atoms with E-state index in [9.17, 15) is 0 Å². The molecule has 1 aliphatic rings. The molecular weight excluding hydrogens is 236 g/mol. The van der Waals surface area contributed by atoms with Gasteiger partial charge < -0.3 is 10.5 Å². The minimum absolute atomic E-state index is 0.722. The average molecular weight is 262 g/mol. The molecule has 19 heavy (non-hydrogen) atoms. The lowest BCUT2D eigenvalue weighted by Gasteiger charge is -2.39. The van der Waals surface area contributed by atoms with Crippen molar-refractivity contribution in [1.82, 2.24) is 4.90 Å². The Morgan fingerprint density at radius 2 is 1.79 bits per heavy atom. The maximum Gasteiger partial charge on any atom is 0.119 e. The Kier molecular flexibility index (Phi) is 5.08. The largest absolute Gasteiger partial charge is 0.494 e. The summed E-state index contributed by atoms with van der Waals surface area (Å²) in [5.41, 5.74) is 6.43. The van der Waals surface area contributed by atoms with Crippen LogP contribution in [0, 0.1) is 0 Å². The number of nitrogen functional groups attached to an aromatic ring is 1.